The molecule has 1 amide bonds. The zero-order valence-corrected chi connectivity index (χ0v) is 19.1. The molecule has 1 N–H and O–H groups in total. The largest absolute Gasteiger partial charge is 0.477 e. The van der Waals surface area contributed by atoms with Crippen molar-refractivity contribution < 1.29 is 14.7 Å². The first-order valence-electron chi connectivity index (χ1n) is 11.2. The predicted octanol–water partition coefficient (Wildman–Crippen LogP) is 3.76. The number of carboxylic acid groups (broad SMARTS) is 1. The number of carboxylic acids is 1. The number of rotatable bonds is 4. The molecule has 1 aliphatic rings. The number of piperazine rings is 1. The summed E-state index contributed by atoms with van der Waals surface area (Å²) in [7, 11) is 0. The molecule has 8 nitrogen and oxygen atoms in total. The van der Waals surface area contributed by atoms with Crippen molar-refractivity contribution in [2.24, 2.45) is 0 Å². The molecule has 0 bridgehead atoms. The summed E-state index contributed by atoms with van der Waals surface area (Å²) in [4.78, 5) is 32.0. The molecule has 1 fully saturated rings. The summed E-state index contributed by atoms with van der Waals surface area (Å²) in [6.45, 7) is 6.50. The Labute approximate surface area is 197 Å². The number of hydrogen-bond donors (Lipinski definition) is 1. The van der Waals surface area contributed by atoms with E-state index in [1.807, 2.05) is 66.4 Å². The van der Waals surface area contributed by atoms with Crippen LogP contribution in [0.2, 0.25) is 0 Å². The van der Waals surface area contributed by atoms with Crippen LogP contribution in [0.4, 0.5) is 5.69 Å². The summed E-state index contributed by atoms with van der Waals surface area (Å²) in [5.41, 5.74) is 4.86. The Morgan fingerprint density at radius 2 is 1.59 bits per heavy atom. The topological polar surface area (TPSA) is 91.6 Å². The van der Waals surface area contributed by atoms with Crippen molar-refractivity contribution in [1.82, 2.24) is 19.7 Å². The first kappa shape index (κ1) is 21.6. The van der Waals surface area contributed by atoms with Crippen LogP contribution < -0.4 is 4.90 Å². The first-order valence-corrected chi connectivity index (χ1v) is 11.2. The van der Waals surface area contributed by atoms with Gasteiger partial charge in [-0.1, -0.05) is 30.3 Å². The van der Waals surface area contributed by atoms with E-state index >= 15 is 0 Å². The van der Waals surface area contributed by atoms with Gasteiger partial charge in [0.25, 0.3) is 0 Å². The number of carbonyl (C=O) groups is 2. The number of fused-ring (bicyclic) bond motifs is 1. The molecule has 34 heavy (non-hydrogen) atoms. The first-order chi connectivity index (χ1) is 16.4. The van der Waals surface area contributed by atoms with Crippen molar-refractivity contribution in [3.8, 4) is 16.8 Å². The third-order valence-electron chi connectivity index (χ3n) is 6.30. The lowest BCUT2D eigenvalue weighted by Gasteiger charge is -2.35. The molecule has 0 saturated carbocycles. The van der Waals surface area contributed by atoms with Gasteiger partial charge in [-0.15, -0.1) is 0 Å². The Kier molecular flexibility index (Phi) is 5.49. The number of hydrogen-bond acceptors (Lipinski definition) is 5. The van der Waals surface area contributed by atoms with Gasteiger partial charge in [-0.2, -0.15) is 5.10 Å². The molecule has 8 heteroatoms. The highest BCUT2D eigenvalue weighted by atomic mass is 16.4. The number of nitrogens with zero attached hydrogens (tertiary/aromatic N) is 5. The second-order valence-corrected chi connectivity index (χ2v) is 8.43. The minimum Gasteiger partial charge on any atom is -0.477 e. The van der Waals surface area contributed by atoms with Gasteiger partial charge in [0, 0.05) is 38.8 Å². The Balaban J connectivity index is 1.55. The monoisotopic (exact) mass is 455 g/mol. The molecule has 1 aliphatic heterocycles. The van der Waals surface area contributed by atoms with E-state index in [2.05, 4.69) is 15.0 Å². The number of aryl methyl sites for hydroxylation is 1. The molecule has 2 aromatic heterocycles. The van der Waals surface area contributed by atoms with Crippen LogP contribution in [0.1, 0.15) is 23.1 Å². The fourth-order valence-electron chi connectivity index (χ4n) is 4.51. The highest BCUT2D eigenvalue weighted by molar-refractivity contribution is 6.00. The number of benzene rings is 2. The number of para-hydroxylation sites is 1. The van der Waals surface area contributed by atoms with E-state index in [1.165, 1.54) is 0 Å². The third kappa shape index (κ3) is 3.87. The van der Waals surface area contributed by atoms with Crippen molar-refractivity contribution >= 4 is 28.6 Å². The zero-order valence-electron chi connectivity index (χ0n) is 19.1. The molecular weight excluding hydrogens is 430 g/mol. The average molecular weight is 456 g/mol. The number of anilines is 1. The molecule has 172 valence electrons. The van der Waals surface area contributed by atoms with Crippen molar-refractivity contribution in [2.45, 2.75) is 13.8 Å². The summed E-state index contributed by atoms with van der Waals surface area (Å²) < 4.78 is 1.70. The fourth-order valence-corrected chi connectivity index (χ4v) is 4.51. The molecule has 2 aromatic carbocycles. The number of aromatic nitrogens is 3. The predicted molar refractivity (Wildman–Crippen MR) is 130 cm³/mol. The van der Waals surface area contributed by atoms with Gasteiger partial charge in [-0.3, -0.25) is 4.79 Å². The zero-order chi connectivity index (χ0) is 23.8. The van der Waals surface area contributed by atoms with Gasteiger partial charge in [-0.05, 0) is 48.4 Å². The van der Waals surface area contributed by atoms with Crippen molar-refractivity contribution in [3.63, 3.8) is 0 Å². The fraction of sp³-hybridized carbons (Fsp3) is 0.231. The summed E-state index contributed by atoms with van der Waals surface area (Å²) in [5, 5.41) is 15.2. The van der Waals surface area contributed by atoms with Crippen LogP contribution in [-0.2, 0) is 4.79 Å². The summed E-state index contributed by atoms with van der Waals surface area (Å²) in [5.74, 6) is -0.973. The van der Waals surface area contributed by atoms with Crippen LogP contribution in [-0.4, -0.2) is 62.8 Å². The van der Waals surface area contributed by atoms with E-state index in [0.717, 1.165) is 46.7 Å². The maximum Gasteiger partial charge on any atom is 0.354 e. The number of carbonyl (C=O) groups excluding carboxylic acids is 1. The Morgan fingerprint density at radius 1 is 0.912 bits per heavy atom. The maximum atomic E-state index is 11.9. The third-order valence-corrected chi connectivity index (χ3v) is 6.30. The average Bonchev–Trinajstić information content (AvgIpc) is 3.20. The molecule has 4 aromatic rings. The maximum absolute atomic E-state index is 11.9. The van der Waals surface area contributed by atoms with Crippen LogP contribution >= 0.6 is 0 Å². The second-order valence-electron chi connectivity index (χ2n) is 8.43. The summed E-state index contributed by atoms with van der Waals surface area (Å²) in [6.07, 6.45) is 0. The van der Waals surface area contributed by atoms with E-state index < -0.39 is 5.97 Å². The number of aromatic carboxylic acids is 1. The smallest absolute Gasteiger partial charge is 0.354 e. The van der Waals surface area contributed by atoms with Crippen LogP contribution in [0.5, 0.6) is 0 Å². The standard InChI is InChI=1S/C26H25N5O3/c1-17-24-22(19-8-10-20(11-9-19)30-14-12-29(13-15-30)18(2)32)16-23(26(33)34)27-25(24)31(28-17)21-6-4-3-5-7-21/h3-11,16H,12-15H2,1-2H3,(H,33,34). The Morgan fingerprint density at radius 3 is 2.21 bits per heavy atom. The molecule has 0 aliphatic carbocycles. The lowest BCUT2D eigenvalue weighted by molar-refractivity contribution is -0.129. The van der Waals surface area contributed by atoms with Crippen molar-refractivity contribution in [1.29, 1.82) is 0 Å². The Hall–Kier alpha value is -4.20. The summed E-state index contributed by atoms with van der Waals surface area (Å²) >= 11 is 0. The van der Waals surface area contributed by atoms with E-state index in [-0.39, 0.29) is 11.6 Å². The van der Waals surface area contributed by atoms with Crippen molar-refractivity contribution in [3.05, 3.63) is 72.1 Å². The van der Waals surface area contributed by atoms with Crippen LogP contribution in [0.3, 0.4) is 0 Å². The van der Waals surface area contributed by atoms with Crippen LogP contribution in [0, 0.1) is 6.92 Å². The van der Waals surface area contributed by atoms with Gasteiger partial charge in [-0.25, -0.2) is 14.5 Å². The minimum atomic E-state index is -1.08. The number of pyridine rings is 1. The molecule has 0 atom stereocenters. The van der Waals surface area contributed by atoms with Gasteiger partial charge in [0.05, 0.1) is 16.8 Å². The second kappa shape index (κ2) is 8.62. The summed E-state index contributed by atoms with van der Waals surface area (Å²) in [6, 6.07) is 19.3. The SMILES string of the molecule is CC(=O)N1CCN(c2ccc(-c3cc(C(=O)O)nc4c3c(C)nn4-c3ccccc3)cc2)CC1. The highest BCUT2D eigenvalue weighted by Gasteiger charge is 2.21. The molecule has 1 saturated heterocycles. The van der Waals surface area contributed by atoms with Gasteiger partial charge >= 0.3 is 5.97 Å². The van der Waals surface area contributed by atoms with Crippen LogP contribution in [0.15, 0.2) is 60.7 Å². The molecular formula is C26H25N5O3. The van der Waals surface area contributed by atoms with Gasteiger partial charge in [0.15, 0.2) is 11.3 Å². The minimum absolute atomic E-state index is 0.0241. The number of amides is 1. The molecule has 5 rings (SSSR count). The molecule has 0 unspecified atom stereocenters. The normalized spacial score (nSPS) is 13.9. The van der Waals surface area contributed by atoms with E-state index in [1.54, 1.807) is 17.7 Å². The molecule has 0 spiro atoms. The van der Waals surface area contributed by atoms with Gasteiger partial charge < -0.3 is 14.9 Å². The van der Waals surface area contributed by atoms with E-state index in [4.69, 9.17) is 0 Å². The molecule has 0 radical (unpaired) electrons. The molecule has 3 heterocycles. The lowest BCUT2D eigenvalue weighted by Crippen LogP contribution is -2.48. The van der Waals surface area contributed by atoms with Gasteiger partial charge in [0.1, 0.15) is 0 Å². The quantitative estimate of drug-likeness (QED) is 0.504. The van der Waals surface area contributed by atoms with Crippen LogP contribution in [0.25, 0.3) is 27.8 Å². The van der Waals surface area contributed by atoms with Gasteiger partial charge in [0.2, 0.25) is 5.91 Å². The lowest BCUT2D eigenvalue weighted by atomic mass is 10.0. The van der Waals surface area contributed by atoms with E-state index in [0.29, 0.717) is 18.7 Å². The van der Waals surface area contributed by atoms with Crippen molar-refractivity contribution in [2.75, 3.05) is 31.1 Å². The van der Waals surface area contributed by atoms with E-state index in [9.17, 15) is 14.7 Å². The Bertz CT molecular complexity index is 1370. The highest BCUT2D eigenvalue weighted by Crippen LogP contribution is 2.33.